The Hall–Kier alpha value is -3.04. The van der Waals surface area contributed by atoms with Crippen molar-refractivity contribution in [3.05, 3.63) is 74.7 Å². The highest BCUT2D eigenvalue weighted by atomic mass is 32.2. The fraction of sp³-hybridized carbons (Fsp3) is 0.0556. The third-order valence-corrected chi connectivity index (χ3v) is 5.41. The van der Waals surface area contributed by atoms with Gasteiger partial charge >= 0.3 is 0 Å². The molecule has 0 radical (unpaired) electrons. The molecule has 0 aliphatic carbocycles. The lowest BCUT2D eigenvalue weighted by atomic mass is 10.1. The molecule has 0 spiro atoms. The van der Waals surface area contributed by atoms with E-state index in [2.05, 4.69) is 0 Å². The van der Waals surface area contributed by atoms with E-state index in [4.69, 9.17) is 12.2 Å². The van der Waals surface area contributed by atoms with Crippen LogP contribution in [0.2, 0.25) is 0 Å². The summed E-state index contributed by atoms with van der Waals surface area (Å²) in [6, 6.07) is 11.7. The van der Waals surface area contributed by atoms with Gasteiger partial charge in [0.05, 0.1) is 21.5 Å². The smallest absolute Gasteiger partial charge is 0.271 e. The first-order valence-electron chi connectivity index (χ1n) is 7.63. The summed E-state index contributed by atoms with van der Waals surface area (Å²) in [5, 5.41) is 22.0. The number of carbonyl (C=O) groups is 2. The van der Waals surface area contributed by atoms with Crippen molar-refractivity contribution in [1.82, 2.24) is 0 Å². The van der Waals surface area contributed by atoms with Gasteiger partial charge in [-0.3, -0.25) is 19.8 Å². The van der Waals surface area contributed by atoms with Crippen molar-refractivity contribution in [3.63, 3.8) is 0 Å². The van der Waals surface area contributed by atoms with Crippen LogP contribution in [0.5, 0.6) is 0 Å². The summed E-state index contributed by atoms with van der Waals surface area (Å²) in [6.07, 6.45) is 0. The largest absolute Gasteiger partial charge is 0.545 e. The summed E-state index contributed by atoms with van der Waals surface area (Å²) in [4.78, 5) is 36.0. The lowest BCUT2D eigenvalue weighted by Gasteiger charge is -2.16. The molecule has 0 aromatic heterocycles. The minimum absolute atomic E-state index is 0.0686. The predicted octanol–water partition coefficient (Wildman–Crippen LogP) is 2.75. The van der Waals surface area contributed by atoms with Crippen molar-refractivity contribution in [1.29, 1.82) is 0 Å². The van der Waals surface area contributed by atoms with Crippen LogP contribution in [-0.4, -0.2) is 21.1 Å². The van der Waals surface area contributed by atoms with E-state index in [1.807, 2.05) is 0 Å². The number of nitro groups is 1. The van der Waals surface area contributed by atoms with Crippen molar-refractivity contribution >= 4 is 57.1 Å². The van der Waals surface area contributed by atoms with E-state index in [-0.39, 0.29) is 15.6 Å². The van der Waals surface area contributed by atoms with Crippen LogP contribution >= 0.6 is 24.0 Å². The Bertz CT molecular complexity index is 1030. The number of hydrogen-bond acceptors (Lipinski definition) is 7. The summed E-state index contributed by atoms with van der Waals surface area (Å²) in [5.41, 5.74) is 1.26. The molecular formula is C18H11N2O5S2-. The molecule has 3 rings (SSSR count). The number of allylic oxidation sites excluding steroid dienone is 1. The highest BCUT2D eigenvalue weighted by Gasteiger charge is 2.35. The first kappa shape index (κ1) is 18.7. The number of nitro benzene ring substituents is 1. The Balaban J connectivity index is 2.02. The summed E-state index contributed by atoms with van der Waals surface area (Å²) < 4.78 is 0.246. The Morgan fingerprint density at radius 3 is 2.48 bits per heavy atom. The molecule has 1 aliphatic rings. The molecular weight excluding hydrogens is 388 g/mol. The van der Waals surface area contributed by atoms with Crippen LogP contribution in [0.3, 0.4) is 0 Å². The fourth-order valence-electron chi connectivity index (χ4n) is 2.58. The molecule has 1 fully saturated rings. The summed E-state index contributed by atoms with van der Waals surface area (Å²) in [6.45, 7) is 1.68. The van der Waals surface area contributed by atoms with Gasteiger partial charge in [-0.25, -0.2) is 0 Å². The molecule has 1 amide bonds. The second kappa shape index (κ2) is 7.29. The third-order valence-electron chi connectivity index (χ3n) is 3.94. The van der Waals surface area contributed by atoms with Crippen molar-refractivity contribution in [3.8, 4) is 0 Å². The lowest BCUT2D eigenvalue weighted by Crippen LogP contribution is -2.28. The maximum atomic E-state index is 12.9. The lowest BCUT2D eigenvalue weighted by molar-refractivity contribution is -0.384. The SMILES string of the molecule is C/C(=C1\SC(=S)N(c2cccc(C(=O)[O-])c2)C1=O)c1cccc([N+](=O)[O-])c1. The van der Waals surface area contributed by atoms with E-state index in [1.54, 1.807) is 25.1 Å². The topological polar surface area (TPSA) is 104 Å². The molecule has 7 nitrogen and oxygen atoms in total. The number of hydrogen-bond donors (Lipinski definition) is 0. The highest BCUT2D eigenvalue weighted by Crippen LogP contribution is 2.39. The zero-order valence-corrected chi connectivity index (χ0v) is 15.5. The fourth-order valence-corrected chi connectivity index (χ4v) is 3.92. The number of anilines is 1. The number of benzene rings is 2. The second-order valence-corrected chi connectivity index (χ2v) is 7.25. The summed E-state index contributed by atoms with van der Waals surface area (Å²) in [7, 11) is 0. The molecule has 0 saturated carbocycles. The summed E-state index contributed by atoms with van der Waals surface area (Å²) >= 11 is 6.35. The normalized spacial score (nSPS) is 15.8. The molecule has 0 N–H and O–H groups in total. The number of carbonyl (C=O) groups excluding carboxylic acids is 2. The number of amides is 1. The van der Waals surface area contributed by atoms with Crippen LogP contribution in [0.4, 0.5) is 11.4 Å². The van der Waals surface area contributed by atoms with Gasteiger partial charge in [0.25, 0.3) is 11.6 Å². The van der Waals surface area contributed by atoms with Crippen molar-refractivity contribution < 1.29 is 19.6 Å². The van der Waals surface area contributed by atoms with Gasteiger partial charge in [0.1, 0.15) is 0 Å². The van der Waals surface area contributed by atoms with Crippen LogP contribution in [0, 0.1) is 10.1 Å². The number of thiocarbonyl (C=S) groups is 1. The van der Waals surface area contributed by atoms with Crippen LogP contribution in [0.15, 0.2) is 53.4 Å². The van der Waals surface area contributed by atoms with Crippen molar-refractivity contribution in [2.75, 3.05) is 4.90 Å². The zero-order valence-electron chi connectivity index (χ0n) is 13.9. The molecule has 1 saturated heterocycles. The first-order valence-corrected chi connectivity index (χ1v) is 8.85. The minimum Gasteiger partial charge on any atom is -0.545 e. The Labute approximate surface area is 163 Å². The number of nitrogens with zero attached hydrogens (tertiary/aromatic N) is 2. The van der Waals surface area contributed by atoms with E-state index in [0.717, 1.165) is 11.8 Å². The van der Waals surface area contributed by atoms with Crippen LogP contribution < -0.4 is 10.0 Å². The number of thioether (sulfide) groups is 1. The van der Waals surface area contributed by atoms with Crippen molar-refractivity contribution in [2.24, 2.45) is 0 Å². The highest BCUT2D eigenvalue weighted by molar-refractivity contribution is 8.27. The molecule has 9 heteroatoms. The van der Waals surface area contributed by atoms with E-state index >= 15 is 0 Å². The molecule has 1 aliphatic heterocycles. The van der Waals surface area contributed by atoms with Crippen LogP contribution in [0.25, 0.3) is 5.57 Å². The molecule has 2 aromatic carbocycles. The zero-order chi connectivity index (χ0) is 19.7. The molecule has 0 unspecified atom stereocenters. The van der Waals surface area contributed by atoms with Gasteiger partial charge in [-0.15, -0.1) is 0 Å². The molecule has 0 bridgehead atoms. The van der Waals surface area contributed by atoms with Crippen molar-refractivity contribution in [2.45, 2.75) is 6.92 Å². The molecule has 27 heavy (non-hydrogen) atoms. The van der Waals surface area contributed by atoms with E-state index in [1.165, 1.54) is 35.2 Å². The third kappa shape index (κ3) is 3.60. The number of carboxylic acids is 1. The monoisotopic (exact) mass is 399 g/mol. The van der Waals surface area contributed by atoms with Gasteiger partial charge in [0.2, 0.25) is 0 Å². The average Bonchev–Trinajstić information content (AvgIpc) is 2.95. The van der Waals surface area contributed by atoms with E-state index < -0.39 is 16.8 Å². The van der Waals surface area contributed by atoms with Crippen LogP contribution in [-0.2, 0) is 4.79 Å². The van der Waals surface area contributed by atoms with Gasteiger partial charge in [-0.2, -0.15) is 0 Å². The number of non-ortho nitro benzene ring substituents is 1. The Morgan fingerprint density at radius 2 is 1.81 bits per heavy atom. The number of aromatic carboxylic acids is 1. The molecule has 1 heterocycles. The van der Waals surface area contributed by atoms with Crippen LogP contribution in [0.1, 0.15) is 22.8 Å². The number of carboxylic acid groups (broad SMARTS) is 1. The maximum Gasteiger partial charge on any atom is 0.271 e. The van der Waals surface area contributed by atoms with E-state index in [0.29, 0.717) is 21.7 Å². The molecule has 136 valence electrons. The Morgan fingerprint density at radius 1 is 1.15 bits per heavy atom. The minimum atomic E-state index is -1.36. The van der Waals surface area contributed by atoms with Gasteiger partial charge in [-0.05, 0) is 35.8 Å². The van der Waals surface area contributed by atoms with Gasteiger partial charge in [0.15, 0.2) is 4.32 Å². The quantitative estimate of drug-likeness (QED) is 0.337. The molecule has 2 aromatic rings. The number of rotatable bonds is 4. The van der Waals surface area contributed by atoms with Gasteiger partial charge in [-0.1, -0.05) is 48.2 Å². The Kier molecular flexibility index (Phi) is 5.06. The summed E-state index contributed by atoms with van der Waals surface area (Å²) in [5.74, 6) is -1.77. The first-order chi connectivity index (χ1) is 12.8. The predicted molar refractivity (Wildman–Crippen MR) is 104 cm³/mol. The second-order valence-electron chi connectivity index (χ2n) is 5.61. The van der Waals surface area contributed by atoms with E-state index in [9.17, 15) is 24.8 Å². The average molecular weight is 399 g/mol. The molecule has 0 atom stereocenters. The standard InChI is InChI=1S/C18H12N2O5S2/c1-10(11-4-2-7-14(8-11)20(24)25)15-16(21)19(18(26)27-15)13-6-3-5-12(9-13)17(22)23/h2-9H,1H3,(H,22,23)/p-1/b15-10+. The van der Waals surface area contributed by atoms with Gasteiger partial charge in [0, 0.05) is 12.1 Å². The van der Waals surface area contributed by atoms with Gasteiger partial charge < -0.3 is 9.90 Å². The maximum absolute atomic E-state index is 12.9.